The van der Waals surface area contributed by atoms with Crippen LogP contribution < -0.4 is 0 Å². The summed E-state index contributed by atoms with van der Waals surface area (Å²) in [6.45, 7) is 4.35. The number of aromatic nitrogens is 2. The lowest BCUT2D eigenvalue weighted by Crippen LogP contribution is -2.11. The highest BCUT2D eigenvalue weighted by molar-refractivity contribution is 8.05. The van der Waals surface area contributed by atoms with Crippen molar-refractivity contribution in [1.82, 2.24) is 9.97 Å². The lowest BCUT2D eigenvalue weighted by atomic mass is 9.86. The number of hydrogen-bond donors (Lipinski definition) is 2. The van der Waals surface area contributed by atoms with Crippen molar-refractivity contribution in [2.24, 2.45) is 5.92 Å². The van der Waals surface area contributed by atoms with Gasteiger partial charge in [-0.15, -0.1) is 11.8 Å². The van der Waals surface area contributed by atoms with Gasteiger partial charge in [0.05, 0.1) is 0 Å². The van der Waals surface area contributed by atoms with E-state index in [4.69, 9.17) is 12.2 Å². The van der Waals surface area contributed by atoms with E-state index in [-0.39, 0.29) is 0 Å². The van der Waals surface area contributed by atoms with Crippen LogP contribution in [0.3, 0.4) is 0 Å². The van der Waals surface area contributed by atoms with E-state index in [9.17, 15) is 0 Å². The zero-order valence-electron chi connectivity index (χ0n) is 11.0. The maximum Gasteiger partial charge on any atom is 0.174 e. The summed E-state index contributed by atoms with van der Waals surface area (Å²) < 4.78 is 0.734. The summed E-state index contributed by atoms with van der Waals surface area (Å²) in [7, 11) is 0. The molecule has 2 rings (SSSR count). The second-order valence-corrected chi connectivity index (χ2v) is 6.28. The van der Waals surface area contributed by atoms with Gasteiger partial charge in [0, 0.05) is 11.9 Å². The molecule has 0 saturated heterocycles. The molecule has 1 atom stereocenters. The van der Waals surface area contributed by atoms with E-state index in [1.807, 2.05) is 18.0 Å². The first-order valence-corrected chi connectivity index (χ1v) is 7.71. The van der Waals surface area contributed by atoms with Gasteiger partial charge in [0.1, 0.15) is 0 Å². The lowest BCUT2D eigenvalue weighted by Gasteiger charge is -2.24. The SMILES string of the molecule is C/C=C\SC1=C(C)CC(Cc2c[nH]c(=S)[nH]2)CC1. The van der Waals surface area contributed by atoms with E-state index in [2.05, 4.69) is 35.3 Å². The number of thioether (sulfide) groups is 1. The second kappa shape index (κ2) is 6.43. The Labute approximate surface area is 118 Å². The van der Waals surface area contributed by atoms with Gasteiger partial charge in [0.25, 0.3) is 0 Å². The Morgan fingerprint density at radius 3 is 3.00 bits per heavy atom. The predicted octanol–water partition coefficient (Wildman–Crippen LogP) is 4.96. The van der Waals surface area contributed by atoms with E-state index in [1.165, 1.54) is 25.0 Å². The van der Waals surface area contributed by atoms with Crippen molar-refractivity contribution in [3.63, 3.8) is 0 Å². The number of H-pyrrole nitrogens is 2. The van der Waals surface area contributed by atoms with Gasteiger partial charge in [-0.3, -0.25) is 0 Å². The molecule has 0 spiro atoms. The van der Waals surface area contributed by atoms with E-state index in [0.29, 0.717) is 0 Å². The molecular formula is C14H20N2S2. The normalized spacial score (nSPS) is 20.9. The lowest BCUT2D eigenvalue weighted by molar-refractivity contribution is 0.456. The molecule has 98 valence electrons. The fourth-order valence-corrected chi connectivity index (χ4v) is 3.48. The van der Waals surface area contributed by atoms with Crippen LogP contribution in [0.25, 0.3) is 0 Å². The molecule has 0 aromatic carbocycles. The van der Waals surface area contributed by atoms with Gasteiger partial charge in [-0.25, -0.2) is 0 Å². The van der Waals surface area contributed by atoms with Gasteiger partial charge in [-0.1, -0.05) is 11.6 Å². The van der Waals surface area contributed by atoms with Gasteiger partial charge < -0.3 is 9.97 Å². The third kappa shape index (κ3) is 3.62. The summed E-state index contributed by atoms with van der Waals surface area (Å²) in [6.07, 6.45) is 8.93. The van der Waals surface area contributed by atoms with Crippen molar-refractivity contribution in [1.29, 1.82) is 0 Å². The molecule has 0 fully saturated rings. The van der Waals surface area contributed by atoms with Crippen molar-refractivity contribution < 1.29 is 0 Å². The number of hydrogen-bond acceptors (Lipinski definition) is 2. The van der Waals surface area contributed by atoms with E-state index in [0.717, 1.165) is 17.1 Å². The van der Waals surface area contributed by atoms with Gasteiger partial charge in [0.2, 0.25) is 0 Å². The number of nitrogens with one attached hydrogen (secondary N) is 2. The van der Waals surface area contributed by atoms with Gasteiger partial charge >= 0.3 is 0 Å². The molecular weight excluding hydrogens is 260 g/mol. The molecule has 4 heteroatoms. The maximum atomic E-state index is 5.06. The minimum absolute atomic E-state index is 0.734. The van der Waals surface area contributed by atoms with E-state index >= 15 is 0 Å². The number of allylic oxidation sites excluding steroid dienone is 3. The molecule has 0 amide bonds. The molecule has 2 nitrogen and oxygen atoms in total. The van der Waals surface area contributed by atoms with Crippen molar-refractivity contribution in [3.8, 4) is 0 Å². The van der Waals surface area contributed by atoms with Crippen LogP contribution in [0.1, 0.15) is 38.8 Å². The monoisotopic (exact) mass is 280 g/mol. The van der Waals surface area contributed by atoms with Crippen molar-refractivity contribution in [2.45, 2.75) is 39.5 Å². The standard InChI is InChI=1S/C14H20N2S2/c1-3-6-18-13-5-4-11(7-10(13)2)8-12-9-15-14(17)16-12/h3,6,9,11H,4-5,7-8H2,1-2H3,(H2,15,16,17)/b6-3-. The van der Waals surface area contributed by atoms with Crippen LogP contribution in [-0.2, 0) is 6.42 Å². The first-order valence-electron chi connectivity index (χ1n) is 6.42. The highest BCUT2D eigenvalue weighted by atomic mass is 32.2. The third-order valence-corrected chi connectivity index (χ3v) is 4.82. The van der Waals surface area contributed by atoms with Crippen LogP contribution in [0.2, 0.25) is 0 Å². The molecule has 0 aliphatic heterocycles. The summed E-state index contributed by atoms with van der Waals surface area (Å²) in [5.41, 5.74) is 2.80. The largest absolute Gasteiger partial charge is 0.337 e. The highest BCUT2D eigenvalue weighted by Crippen LogP contribution is 2.37. The first-order chi connectivity index (χ1) is 8.69. The van der Waals surface area contributed by atoms with Crippen LogP contribution in [0, 0.1) is 10.7 Å². The fourth-order valence-electron chi connectivity index (χ4n) is 2.47. The predicted molar refractivity (Wildman–Crippen MR) is 82.1 cm³/mol. The first kappa shape index (κ1) is 13.7. The summed E-state index contributed by atoms with van der Waals surface area (Å²) in [5, 5.41) is 2.18. The Morgan fingerprint density at radius 1 is 1.56 bits per heavy atom. The summed E-state index contributed by atoms with van der Waals surface area (Å²) in [5.74, 6) is 0.751. The Bertz CT molecular complexity index is 508. The summed E-state index contributed by atoms with van der Waals surface area (Å²) >= 11 is 6.95. The minimum Gasteiger partial charge on any atom is -0.337 e. The molecule has 2 N–H and O–H groups in total. The van der Waals surface area contributed by atoms with Crippen molar-refractivity contribution in [2.75, 3.05) is 0 Å². The number of rotatable bonds is 4. The molecule has 18 heavy (non-hydrogen) atoms. The molecule has 1 unspecified atom stereocenters. The summed E-state index contributed by atoms with van der Waals surface area (Å²) in [4.78, 5) is 7.81. The van der Waals surface area contributed by atoms with E-state index < -0.39 is 0 Å². The van der Waals surface area contributed by atoms with Crippen LogP contribution in [0.5, 0.6) is 0 Å². The molecule has 1 aromatic rings. The fraction of sp³-hybridized carbons (Fsp3) is 0.500. The van der Waals surface area contributed by atoms with Crippen LogP contribution in [0.4, 0.5) is 0 Å². The molecule has 0 radical (unpaired) electrons. The Hall–Kier alpha value is -0.740. The third-order valence-electron chi connectivity index (χ3n) is 3.36. The highest BCUT2D eigenvalue weighted by Gasteiger charge is 2.19. The number of aromatic amines is 2. The zero-order valence-corrected chi connectivity index (χ0v) is 12.6. The van der Waals surface area contributed by atoms with Crippen molar-refractivity contribution in [3.05, 3.63) is 38.6 Å². The Kier molecular flexibility index (Phi) is 4.89. The van der Waals surface area contributed by atoms with Gasteiger partial charge in [-0.05, 0) is 68.0 Å². The molecule has 0 saturated carbocycles. The van der Waals surface area contributed by atoms with E-state index in [1.54, 1.807) is 10.5 Å². The maximum absolute atomic E-state index is 5.06. The molecule has 1 aliphatic rings. The second-order valence-electron chi connectivity index (χ2n) is 4.87. The molecule has 1 aliphatic carbocycles. The Morgan fingerprint density at radius 2 is 2.39 bits per heavy atom. The summed E-state index contributed by atoms with van der Waals surface area (Å²) in [6, 6.07) is 0. The van der Waals surface area contributed by atoms with Gasteiger partial charge in [-0.2, -0.15) is 0 Å². The number of imidazole rings is 1. The van der Waals surface area contributed by atoms with Gasteiger partial charge in [0.15, 0.2) is 4.77 Å². The average Bonchev–Trinajstić information content (AvgIpc) is 2.74. The van der Waals surface area contributed by atoms with Crippen LogP contribution in [-0.4, -0.2) is 9.97 Å². The minimum atomic E-state index is 0.734. The van der Waals surface area contributed by atoms with Crippen LogP contribution >= 0.6 is 24.0 Å². The zero-order chi connectivity index (χ0) is 13.0. The molecule has 0 bridgehead atoms. The molecule has 1 heterocycles. The van der Waals surface area contributed by atoms with Crippen molar-refractivity contribution >= 4 is 24.0 Å². The molecule has 1 aromatic heterocycles. The quantitative estimate of drug-likeness (QED) is 0.764. The van der Waals surface area contributed by atoms with Crippen LogP contribution in [0.15, 0.2) is 28.2 Å². The smallest absolute Gasteiger partial charge is 0.174 e. The average molecular weight is 280 g/mol. The Balaban J connectivity index is 1.95. The topological polar surface area (TPSA) is 31.6 Å².